The summed E-state index contributed by atoms with van der Waals surface area (Å²) in [6.07, 6.45) is -0.511. The molecule has 66 valence electrons. The zero-order valence-electron chi connectivity index (χ0n) is 6.82. The molecule has 1 aliphatic heterocycles. The Kier molecular flexibility index (Phi) is 3.26. The molecule has 3 N–H and O–H groups in total. The Morgan fingerprint density at radius 1 is 1.55 bits per heavy atom. The van der Waals surface area contributed by atoms with Crippen LogP contribution in [0.15, 0.2) is 0 Å². The Balaban J connectivity index is 2.38. The fourth-order valence-corrected chi connectivity index (χ4v) is 1.32. The molecule has 0 amide bonds. The van der Waals surface area contributed by atoms with E-state index in [0.29, 0.717) is 0 Å². The van der Waals surface area contributed by atoms with Gasteiger partial charge in [0.2, 0.25) is 0 Å². The Hall–Kier alpha value is -0.160. The van der Waals surface area contributed by atoms with Crippen LogP contribution in [0.25, 0.3) is 0 Å². The van der Waals surface area contributed by atoms with E-state index < -0.39 is 12.5 Å². The maximum atomic E-state index is 9.38. The fraction of sp³-hybridized carbons (Fsp3) is 1.00. The molecule has 0 radical (unpaired) electrons. The van der Waals surface area contributed by atoms with E-state index in [-0.39, 0.29) is 0 Å². The van der Waals surface area contributed by atoms with Gasteiger partial charge >= 0.3 is 0 Å². The lowest BCUT2D eigenvalue weighted by Crippen LogP contribution is -2.57. The number of rotatable bonds is 2. The van der Waals surface area contributed by atoms with Gasteiger partial charge in [-0.05, 0) is 6.42 Å². The first-order valence-electron chi connectivity index (χ1n) is 4.09. The zero-order valence-corrected chi connectivity index (χ0v) is 6.82. The summed E-state index contributed by atoms with van der Waals surface area (Å²) in [4.78, 5) is 1.88. The Labute approximate surface area is 66.8 Å². The number of piperazine rings is 1. The van der Waals surface area contributed by atoms with Crippen LogP contribution in [0.1, 0.15) is 13.3 Å². The molecule has 4 nitrogen and oxygen atoms in total. The molecule has 11 heavy (non-hydrogen) atoms. The van der Waals surface area contributed by atoms with Crippen molar-refractivity contribution in [1.29, 1.82) is 0 Å². The molecule has 1 saturated heterocycles. The lowest BCUT2D eigenvalue weighted by Gasteiger charge is -2.35. The number of nitrogens with zero attached hydrogens (tertiary/aromatic N) is 1. The highest BCUT2D eigenvalue weighted by molar-refractivity contribution is 4.74. The van der Waals surface area contributed by atoms with Gasteiger partial charge in [-0.1, -0.05) is 6.92 Å². The van der Waals surface area contributed by atoms with Crippen molar-refractivity contribution in [2.75, 3.05) is 19.6 Å². The summed E-state index contributed by atoms with van der Waals surface area (Å²) in [6, 6.07) is 0. The SMILES string of the molecule is CCCN1CCNC(O)C1O. The van der Waals surface area contributed by atoms with Gasteiger partial charge in [-0.15, -0.1) is 0 Å². The molecule has 0 bridgehead atoms. The number of hydrogen-bond acceptors (Lipinski definition) is 4. The van der Waals surface area contributed by atoms with Crippen LogP contribution in [0.4, 0.5) is 0 Å². The van der Waals surface area contributed by atoms with Gasteiger partial charge in [0.1, 0.15) is 12.5 Å². The molecule has 0 aromatic rings. The third kappa shape index (κ3) is 2.13. The van der Waals surface area contributed by atoms with Crippen molar-refractivity contribution < 1.29 is 10.2 Å². The second-order valence-electron chi connectivity index (χ2n) is 2.85. The van der Waals surface area contributed by atoms with Crippen LogP contribution in [-0.2, 0) is 0 Å². The molecule has 1 fully saturated rings. The van der Waals surface area contributed by atoms with Crippen molar-refractivity contribution in [3.05, 3.63) is 0 Å². The third-order valence-corrected chi connectivity index (χ3v) is 1.92. The van der Waals surface area contributed by atoms with Crippen LogP contribution >= 0.6 is 0 Å². The molecule has 0 spiro atoms. The standard InChI is InChI=1S/C7H16N2O2/c1-2-4-9-5-3-8-6(10)7(9)11/h6-8,10-11H,2-5H2,1H3. The van der Waals surface area contributed by atoms with E-state index in [1.807, 2.05) is 4.90 Å². The van der Waals surface area contributed by atoms with Crippen LogP contribution in [0.5, 0.6) is 0 Å². The predicted octanol–water partition coefficient (Wildman–Crippen LogP) is -1.06. The summed E-state index contributed by atoms with van der Waals surface area (Å²) in [5, 5.41) is 21.3. The van der Waals surface area contributed by atoms with Gasteiger partial charge < -0.3 is 10.2 Å². The second-order valence-corrected chi connectivity index (χ2v) is 2.85. The van der Waals surface area contributed by atoms with E-state index in [2.05, 4.69) is 12.2 Å². The van der Waals surface area contributed by atoms with Gasteiger partial charge in [0.05, 0.1) is 0 Å². The van der Waals surface area contributed by atoms with Gasteiger partial charge in [0.25, 0.3) is 0 Å². The highest BCUT2D eigenvalue weighted by Gasteiger charge is 2.26. The average Bonchev–Trinajstić information content (AvgIpc) is 1.99. The summed E-state index contributed by atoms with van der Waals surface area (Å²) in [6.45, 7) is 4.46. The van der Waals surface area contributed by atoms with Gasteiger partial charge in [0, 0.05) is 19.6 Å². The van der Waals surface area contributed by atoms with Gasteiger partial charge in [-0.2, -0.15) is 0 Å². The summed E-state index contributed by atoms with van der Waals surface area (Å²) in [5.41, 5.74) is 0. The lowest BCUT2D eigenvalue weighted by atomic mass is 10.3. The largest absolute Gasteiger partial charge is 0.374 e. The van der Waals surface area contributed by atoms with E-state index in [9.17, 15) is 10.2 Å². The van der Waals surface area contributed by atoms with E-state index in [0.717, 1.165) is 26.1 Å². The van der Waals surface area contributed by atoms with Gasteiger partial charge in [-0.25, -0.2) is 0 Å². The summed E-state index contributed by atoms with van der Waals surface area (Å²) in [7, 11) is 0. The summed E-state index contributed by atoms with van der Waals surface area (Å²) >= 11 is 0. The Morgan fingerprint density at radius 3 is 2.91 bits per heavy atom. The molecule has 0 saturated carbocycles. The van der Waals surface area contributed by atoms with Crippen LogP contribution in [0.2, 0.25) is 0 Å². The first-order valence-corrected chi connectivity index (χ1v) is 4.09. The van der Waals surface area contributed by atoms with E-state index >= 15 is 0 Å². The first-order chi connectivity index (χ1) is 5.25. The molecule has 0 aromatic carbocycles. The third-order valence-electron chi connectivity index (χ3n) is 1.92. The van der Waals surface area contributed by atoms with E-state index in [1.54, 1.807) is 0 Å². The van der Waals surface area contributed by atoms with Crippen molar-refractivity contribution in [2.24, 2.45) is 0 Å². The molecule has 2 unspecified atom stereocenters. The molecule has 1 heterocycles. The van der Waals surface area contributed by atoms with Crippen molar-refractivity contribution in [3.63, 3.8) is 0 Å². The fourth-order valence-electron chi connectivity index (χ4n) is 1.32. The maximum Gasteiger partial charge on any atom is 0.147 e. The van der Waals surface area contributed by atoms with Crippen molar-refractivity contribution in [1.82, 2.24) is 10.2 Å². The molecule has 2 atom stereocenters. The molecule has 4 heteroatoms. The Morgan fingerprint density at radius 2 is 2.27 bits per heavy atom. The highest BCUT2D eigenvalue weighted by atomic mass is 16.4. The normalized spacial score (nSPS) is 34.1. The summed E-state index contributed by atoms with van der Waals surface area (Å²) in [5.74, 6) is 0. The monoisotopic (exact) mass is 160 g/mol. The maximum absolute atomic E-state index is 9.38. The van der Waals surface area contributed by atoms with E-state index in [1.165, 1.54) is 0 Å². The molecule has 0 aromatic heterocycles. The van der Waals surface area contributed by atoms with E-state index in [4.69, 9.17) is 0 Å². The topological polar surface area (TPSA) is 55.7 Å². The number of aliphatic hydroxyl groups is 2. The molecule has 1 aliphatic rings. The number of nitrogens with one attached hydrogen (secondary N) is 1. The minimum atomic E-state index is -0.782. The molecule has 1 rings (SSSR count). The second kappa shape index (κ2) is 4.01. The first kappa shape index (κ1) is 8.93. The average molecular weight is 160 g/mol. The lowest BCUT2D eigenvalue weighted by molar-refractivity contribution is -0.116. The smallest absolute Gasteiger partial charge is 0.147 e. The van der Waals surface area contributed by atoms with Gasteiger partial charge in [0.15, 0.2) is 0 Å². The van der Waals surface area contributed by atoms with Crippen LogP contribution in [0, 0.1) is 0 Å². The minimum absolute atomic E-state index is 0.733. The van der Waals surface area contributed by atoms with Crippen LogP contribution in [0.3, 0.4) is 0 Å². The zero-order chi connectivity index (χ0) is 8.27. The number of aliphatic hydroxyl groups excluding tert-OH is 2. The predicted molar refractivity (Wildman–Crippen MR) is 41.9 cm³/mol. The van der Waals surface area contributed by atoms with Crippen LogP contribution in [-0.4, -0.2) is 47.2 Å². The van der Waals surface area contributed by atoms with Crippen molar-refractivity contribution in [2.45, 2.75) is 25.8 Å². The van der Waals surface area contributed by atoms with Crippen molar-refractivity contribution >= 4 is 0 Å². The summed E-state index contributed by atoms with van der Waals surface area (Å²) < 4.78 is 0. The van der Waals surface area contributed by atoms with Crippen molar-refractivity contribution in [3.8, 4) is 0 Å². The molecule has 0 aliphatic carbocycles. The number of hydrogen-bond donors (Lipinski definition) is 3. The Bertz CT molecular complexity index is 119. The minimum Gasteiger partial charge on any atom is -0.374 e. The molecular weight excluding hydrogens is 144 g/mol. The van der Waals surface area contributed by atoms with Gasteiger partial charge in [-0.3, -0.25) is 10.2 Å². The molecular formula is C7H16N2O2. The van der Waals surface area contributed by atoms with Crippen LogP contribution < -0.4 is 5.32 Å². The highest BCUT2D eigenvalue weighted by Crippen LogP contribution is 2.04. The quantitative estimate of drug-likeness (QED) is 0.482.